The summed E-state index contributed by atoms with van der Waals surface area (Å²) >= 11 is 6.02. The van der Waals surface area contributed by atoms with Crippen LogP contribution in [0.4, 0.5) is 0 Å². The summed E-state index contributed by atoms with van der Waals surface area (Å²) in [6.07, 6.45) is 0. The van der Waals surface area contributed by atoms with Crippen LogP contribution in [0.25, 0.3) is 0 Å². The van der Waals surface area contributed by atoms with Crippen LogP contribution in [0.15, 0.2) is 30.3 Å². The second-order valence-electron chi connectivity index (χ2n) is 5.64. The van der Waals surface area contributed by atoms with Crippen molar-refractivity contribution in [2.75, 3.05) is 6.61 Å². The Hall–Kier alpha value is -1.51. The summed E-state index contributed by atoms with van der Waals surface area (Å²) in [4.78, 5) is 0. The van der Waals surface area contributed by atoms with Gasteiger partial charge in [0.05, 0.1) is 6.04 Å². The monoisotopic (exact) mass is 303 g/mol. The molecule has 0 aromatic heterocycles. The fraction of sp³-hybridized carbons (Fsp3) is 0.333. The van der Waals surface area contributed by atoms with E-state index in [2.05, 4.69) is 32.9 Å². The van der Waals surface area contributed by atoms with Crippen molar-refractivity contribution < 1.29 is 4.74 Å². The molecule has 1 atom stereocenters. The molecule has 0 heterocycles. The summed E-state index contributed by atoms with van der Waals surface area (Å²) in [5, 5.41) is 0.747. The van der Waals surface area contributed by atoms with Gasteiger partial charge < -0.3 is 10.5 Å². The third-order valence-electron chi connectivity index (χ3n) is 3.67. The summed E-state index contributed by atoms with van der Waals surface area (Å²) in [6.45, 7) is 8.71. The first kappa shape index (κ1) is 15.9. The average molecular weight is 304 g/mol. The van der Waals surface area contributed by atoms with Crippen LogP contribution in [0.3, 0.4) is 0 Å². The van der Waals surface area contributed by atoms with Gasteiger partial charge in [-0.2, -0.15) is 0 Å². The molecule has 2 aromatic carbocycles. The van der Waals surface area contributed by atoms with Gasteiger partial charge in [0.2, 0.25) is 0 Å². The molecule has 0 radical (unpaired) electrons. The summed E-state index contributed by atoms with van der Waals surface area (Å²) < 4.78 is 5.81. The molecule has 2 rings (SSSR count). The van der Waals surface area contributed by atoms with E-state index in [1.165, 1.54) is 22.3 Å². The van der Waals surface area contributed by atoms with Crippen molar-refractivity contribution in [3.63, 3.8) is 0 Å². The van der Waals surface area contributed by atoms with Gasteiger partial charge in [0.15, 0.2) is 0 Å². The zero-order chi connectivity index (χ0) is 15.6. The highest BCUT2D eigenvalue weighted by atomic mass is 35.5. The molecule has 0 saturated heterocycles. The lowest BCUT2D eigenvalue weighted by Crippen LogP contribution is -2.21. The molecular weight excluding hydrogens is 282 g/mol. The highest BCUT2D eigenvalue weighted by molar-refractivity contribution is 6.31. The van der Waals surface area contributed by atoms with E-state index in [1.54, 1.807) is 0 Å². The summed E-state index contributed by atoms with van der Waals surface area (Å²) in [6, 6.07) is 9.84. The Morgan fingerprint density at radius 1 is 1.00 bits per heavy atom. The van der Waals surface area contributed by atoms with Gasteiger partial charge in [0, 0.05) is 5.02 Å². The molecule has 0 aliphatic rings. The molecule has 3 heteroatoms. The van der Waals surface area contributed by atoms with E-state index < -0.39 is 0 Å². The van der Waals surface area contributed by atoms with Gasteiger partial charge in [-0.1, -0.05) is 29.3 Å². The van der Waals surface area contributed by atoms with Gasteiger partial charge in [0.25, 0.3) is 0 Å². The van der Waals surface area contributed by atoms with Crippen LogP contribution in [0.2, 0.25) is 5.02 Å². The zero-order valence-corrected chi connectivity index (χ0v) is 13.8. The maximum Gasteiger partial charge on any atom is 0.119 e. The van der Waals surface area contributed by atoms with Crippen molar-refractivity contribution in [3.05, 3.63) is 63.2 Å². The molecule has 112 valence electrons. The first-order valence-electron chi connectivity index (χ1n) is 7.10. The maximum atomic E-state index is 6.31. The van der Waals surface area contributed by atoms with Crippen molar-refractivity contribution in [3.8, 4) is 5.75 Å². The highest BCUT2D eigenvalue weighted by Crippen LogP contribution is 2.25. The van der Waals surface area contributed by atoms with E-state index in [9.17, 15) is 0 Å². The number of ether oxygens (including phenoxy) is 1. The van der Waals surface area contributed by atoms with Crippen LogP contribution < -0.4 is 10.5 Å². The van der Waals surface area contributed by atoms with Gasteiger partial charge in [-0.3, -0.25) is 0 Å². The van der Waals surface area contributed by atoms with Gasteiger partial charge in [-0.15, -0.1) is 0 Å². The summed E-state index contributed by atoms with van der Waals surface area (Å²) in [5.74, 6) is 0.801. The lowest BCUT2D eigenvalue weighted by Gasteiger charge is -2.19. The van der Waals surface area contributed by atoms with Crippen LogP contribution in [0.5, 0.6) is 5.75 Å². The largest absolute Gasteiger partial charge is 0.492 e. The lowest BCUT2D eigenvalue weighted by molar-refractivity contribution is 0.290. The third kappa shape index (κ3) is 3.78. The molecule has 0 amide bonds. The zero-order valence-electron chi connectivity index (χ0n) is 13.0. The lowest BCUT2D eigenvalue weighted by atomic mass is 9.95. The normalized spacial score (nSPS) is 12.3. The topological polar surface area (TPSA) is 35.2 Å². The standard InChI is InChI=1S/C18H22ClNO/c1-11-7-13(3)18(14(4)8-11)17(20)10-21-15-5-6-16(19)12(2)9-15/h5-9,17H,10,20H2,1-4H3. The molecule has 21 heavy (non-hydrogen) atoms. The molecule has 0 spiro atoms. The van der Waals surface area contributed by atoms with Crippen molar-refractivity contribution in [2.45, 2.75) is 33.7 Å². The van der Waals surface area contributed by atoms with E-state index in [1.807, 2.05) is 25.1 Å². The van der Waals surface area contributed by atoms with E-state index in [4.69, 9.17) is 22.1 Å². The van der Waals surface area contributed by atoms with Crippen LogP contribution in [0, 0.1) is 27.7 Å². The third-order valence-corrected chi connectivity index (χ3v) is 4.09. The van der Waals surface area contributed by atoms with Crippen molar-refractivity contribution in [1.29, 1.82) is 0 Å². The van der Waals surface area contributed by atoms with Gasteiger partial charge in [-0.25, -0.2) is 0 Å². The molecule has 0 aliphatic heterocycles. The Labute approximate surface area is 131 Å². The Morgan fingerprint density at radius 3 is 2.19 bits per heavy atom. The van der Waals surface area contributed by atoms with Crippen LogP contribution in [-0.2, 0) is 0 Å². The molecule has 0 aliphatic carbocycles. The van der Waals surface area contributed by atoms with E-state index in [0.29, 0.717) is 6.61 Å². The first-order chi connectivity index (χ1) is 9.88. The van der Waals surface area contributed by atoms with E-state index in [-0.39, 0.29) is 6.04 Å². The summed E-state index contributed by atoms with van der Waals surface area (Å²) in [5.41, 5.74) is 12.2. The summed E-state index contributed by atoms with van der Waals surface area (Å²) in [7, 11) is 0. The Kier molecular flexibility index (Phi) is 4.92. The number of nitrogens with two attached hydrogens (primary N) is 1. The first-order valence-corrected chi connectivity index (χ1v) is 7.48. The predicted molar refractivity (Wildman–Crippen MR) is 89.3 cm³/mol. The molecule has 2 aromatic rings. The van der Waals surface area contributed by atoms with E-state index >= 15 is 0 Å². The minimum absolute atomic E-state index is 0.137. The molecule has 2 N–H and O–H groups in total. The van der Waals surface area contributed by atoms with Crippen molar-refractivity contribution in [1.82, 2.24) is 0 Å². The number of aryl methyl sites for hydroxylation is 4. The second kappa shape index (κ2) is 6.50. The smallest absolute Gasteiger partial charge is 0.119 e. The highest BCUT2D eigenvalue weighted by Gasteiger charge is 2.13. The maximum absolute atomic E-state index is 6.31. The fourth-order valence-corrected chi connectivity index (χ4v) is 2.87. The van der Waals surface area contributed by atoms with Gasteiger partial charge >= 0.3 is 0 Å². The quantitative estimate of drug-likeness (QED) is 0.892. The molecule has 2 nitrogen and oxygen atoms in total. The minimum atomic E-state index is -0.137. The van der Waals surface area contributed by atoms with E-state index in [0.717, 1.165) is 16.3 Å². The fourth-order valence-electron chi connectivity index (χ4n) is 2.75. The average Bonchev–Trinajstić information content (AvgIpc) is 2.39. The van der Waals surface area contributed by atoms with Crippen LogP contribution >= 0.6 is 11.6 Å². The van der Waals surface area contributed by atoms with Crippen LogP contribution in [0.1, 0.15) is 33.9 Å². The molecule has 0 bridgehead atoms. The van der Waals surface area contributed by atoms with Crippen LogP contribution in [-0.4, -0.2) is 6.61 Å². The van der Waals surface area contributed by atoms with Crippen molar-refractivity contribution >= 4 is 11.6 Å². The van der Waals surface area contributed by atoms with Crippen molar-refractivity contribution in [2.24, 2.45) is 5.73 Å². The Morgan fingerprint density at radius 2 is 1.62 bits per heavy atom. The number of hydrogen-bond donors (Lipinski definition) is 1. The number of halogens is 1. The van der Waals surface area contributed by atoms with Gasteiger partial charge in [0.1, 0.15) is 12.4 Å². The number of hydrogen-bond acceptors (Lipinski definition) is 2. The molecular formula is C18H22ClNO. The minimum Gasteiger partial charge on any atom is -0.492 e. The molecule has 0 fully saturated rings. The second-order valence-corrected chi connectivity index (χ2v) is 6.05. The Balaban J connectivity index is 2.11. The molecule has 1 unspecified atom stereocenters. The Bertz CT molecular complexity index is 629. The predicted octanol–water partition coefficient (Wildman–Crippen LogP) is 4.65. The molecule has 0 saturated carbocycles. The van der Waals surface area contributed by atoms with Gasteiger partial charge in [-0.05, 0) is 68.1 Å². The SMILES string of the molecule is Cc1cc(C)c(C(N)COc2ccc(Cl)c(C)c2)c(C)c1. The number of benzene rings is 2. The number of rotatable bonds is 4.